The van der Waals surface area contributed by atoms with Gasteiger partial charge < -0.3 is 10.2 Å². The molecule has 2 nitrogen and oxygen atoms in total. The van der Waals surface area contributed by atoms with Crippen LogP contribution in [-0.4, -0.2) is 43.3 Å². The topological polar surface area (TPSA) is 15.3 Å². The van der Waals surface area contributed by atoms with Crippen LogP contribution < -0.4 is 5.32 Å². The highest BCUT2D eigenvalue weighted by molar-refractivity contribution is 4.84. The predicted octanol–water partition coefficient (Wildman–Crippen LogP) is 1.27. The Morgan fingerprint density at radius 1 is 1.58 bits per heavy atom. The first-order valence-corrected chi connectivity index (χ1v) is 4.87. The van der Waals surface area contributed by atoms with E-state index in [9.17, 15) is 4.39 Å². The number of hydrogen-bond donors (Lipinski definition) is 1. The molecule has 1 rings (SSSR count). The van der Waals surface area contributed by atoms with Crippen molar-refractivity contribution in [2.75, 3.05) is 26.2 Å². The van der Waals surface area contributed by atoms with Crippen molar-refractivity contribution in [3.8, 4) is 0 Å². The quantitative estimate of drug-likeness (QED) is 0.696. The summed E-state index contributed by atoms with van der Waals surface area (Å²) in [7, 11) is 0. The van der Waals surface area contributed by atoms with Gasteiger partial charge in [-0.25, -0.2) is 4.39 Å². The average molecular weight is 176 g/mol. The molecule has 0 saturated carbocycles. The second-order valence-corrected chi connectivity index (χ2v) is 3.36. The van der Waals surface area contributed by atoms with Crippen LogP contribution in [0.15, 0.2) is 0 Å². The SMILES string of the molecule is CCNC1CCN(CC)CC1F.[HH]. The summed E-state index contributed by atoms with van der Waals surface area (Å²) in [5.41, 5.74) is 0. The van der Waals surface area contributed by atoms with E-state index in [1.54, 1.807) is 0 Å². The van der Waals surface area contributed by atoms with E-state index >= 15 is 0 Å². The van der Waals surface area contributed by atoms with Crippen LogP contribution in [0.4, 0.5) is 4.39 Å². The van der Waals surface area contributed by atoms with E-state index in [0.29, 0.717) is 6.54 Å². The summed E-state index contributed by atoms with van der Waals surface area (Å²) in [5, 5.41) is 3.18. The largest absolute Gasteiger partial charge is 0.311 e. The standard InChI is InChI=1S/C9H19FN2.H2/c1-3-11-9-5-6-12(4-2)7-8(9)10;/h8-9,11H,3-7H2,1-2H3;1H. The van der Waals surface area contributed by atoms with Gasteiger partial charge in [0.1, 0.15) is 6.17 Å². The molecule has 2 atom stereocenters. The Kier molecular flexibility index (Phi) is 3.95. The lowest BCUT2D eigenvalue weighted by atomic mass is 10.0. The maximum absolute atomic E-state index is 13.4. The molecule has 0 spiro atoms. The highest BCUT2D eigenvalue weighted by Crippen LogP contribution is 2.13. The highest BCUT2D eigenvalue weighted by Gasteiger charge is 2.27. The minimum Gasteiger partial charge on any atom is -0.311 e. The lowest BCUT2D eigenvalue weighted by molar-refractivity contribution is 0.109. The van der Waals surface area contributed by atoms with Gasteiger partial charge in [-0.1, -0.05) is 13.8 Å². The fourth-order valence-electron chi connectivity index (χ4n) is 1.75. The first kappa shape index (κ1) is 9.93. The van der Waals surface area contributed by atoms with Gasteiger partial charge in [-0.05, 0) is 26.1 Å². The number of likely N-dealkylation sites (tertiary alicyclic amines) is 1. The monoisotopic (exact) mass is 176 g/mol. The second-order valence-electron chi connectivity index (χ2n) is 3.36. The highest BCUT2D eigenvalue weighted by atomic mass is 19.1. The molecular formula is C9H21FN2. The molecule has 2 unspecified atom stereocenters. The molecule has 1 N–H and O–H groups in total. The third kappa shape index (κ3) is 2.42. The van der Waals surface area contributed by atoms with Gasteiger partial charge in [0, 0.05) is 14.0 Å². The van der Waals surface area contributed by atoms with E-state index < -0.39 is 6.17 Å². The predicted molar refractivity (Wildman–Crippen MR) is 51.2 cm³/mol. The van der Waals surface area contributed by atoms with Gasteiger partial charge in [0.15, 0.2) is 0 Å². The van der Waals surface area contributed by atoms with E-state index in [1.165, 1.54) is 0 Å². The lowest BCUT2D eigenvalue weighted by Crippen LogP contribution is -2.50. The zero-order chi connectivity index (χ0) is 8.97. The maximum Gasteiger partial charge on any atom is 0.128 e. The fourth-order valence-corrected chi connectivity index (χ4v) is 1.75. The molecule has 1 aliphatic rings. The summed E-state index contributed by atoms with van der Waals surface area (Å²) in [6.07, 6.45) is 0.265. The van der Waals surface area contributed by atoms with E-state index in [0.717, 1.165) is 26.1 Å². The van der Waals surface area contributed by atoms with Crippen molar-refractivity contribution in [3.63, 3.8) is 0 Å². The molecule has 1 heterocycles. The molecule has 1 fully saturated rings. The molecule has 0 radical (unpaired) electrons. The van der Waals surface area contributed by atoms with Gasteiger partial charge in [-0.3, -0.25) is 0 Å². The number of alkyl halides is 1. The number of halogens is 1. The Hall–Kier alpha value is -0.150. The van der Waals surface area contributed by atoms with Gasteiger partial charge >= 0.3 is 0 Å². The number of nitrogens with one attached hydrogen (secondary N) is 1. The molecular weight excluding hydrogens is 155 g/mol. The van der Waals surface area contributed by atoms with Crippen LogP contribution in [-0.2, 0) is 0 Å². The summed E-state index contributed by atoms with van der Waals surface area (Å²) in [4.78, 5) is 2.17. The van der Waals surface area contributed by atoms with E-state index in [1.807, 2.05) is 6.92 Å². The molecule has 74 valence electrons. The van der Waals surface area contributed by atoms with E-state index in [2.05, 4.69) is 17.1 Å². The van der Waals surface area contributed by atoms with Crippen molar-refractivity contribution in [3.05, 3.63) is 0 Å². The van der Waals surface area contributed by atoms with Crippen LogP contribution in [0.25, 0.3) is 0 Å². The third-order valence-electron chi connectivity index (χ3n) is 2.54. The van der Waals surface area contributed by atoms with E-state index in [-0.39, 0.29) is 7.47 Å². The normalized spacial score (nSPS) is 32.2. The van der Waals surface area contributed by atoms with Crippen LogP contribution >= 0.6 is 0 Å². The van der Waals surface area contributed by atoms with Crippen molar-refractivity contribution in [2.45, 2.75) is 32.5 Å². The van der Waals surface area contributed by atoms with Crippen LogP contribution in [0.3, 0.4) is 0 Å². The summed E-state index contributed by atoms with van der Waals surface area (Å²) >= 11 is 0. The van der Waals surface area contributed by atoms with E-state index in [4.69, 9.17) is 0 Å². The van der Waals surface area contributed by atoms with Crippen molar-refractivity contribution in [1.29, 1.82) is 0 Å². The minimum atomic E-state index is -0.682. The fraction of sp³-hybridized carbons (Fsp3) is 1.00. The Labute approximate surface area is 75.6 Å². The molecule has 12 heavy (non-hydrogen) atoms. The average Bonchev–Trinajstić information content (AvgIpc) is 2.09. The molecule has 0 amide bonds. The van der Waals surface area contributed by atoms with Gasteiger partial charge in [-0.2, -0.15) is 0 Å². The molecule has 0 bridgehead atoms. The number of piperidine rings is 1. The smallest absolute Gasteiger partial charge is 0.128 e. The first-order valence-electron chi connectivity index (χ1n) is 4.87. The van der Waals surface area contributed by atoms with Crippen molar-refractivity contribution in [1.82, 2.24) is 10.2 Å². The summed E-state index contributed by atoms with van der Waals surface area (Å²) < 4.78 is 13.4. The second kappa shape index (κ2) is 4.77. The molecule has 1 saturated heterocycles. The first-order chi connectivity index (χ1) is 5.77. The summed E-state index contributed by atoms with van der Waals surface area (Å²) in [5.74, 6) is 0. The Morgan fingerprint density at radius 2 is 2.33 bits per heavy atom. The Morgan fingerprint density at radius 3 is 2.83 bits per heavy atom. The van der Waals surface area contributed by atoms with Crippen LogP contribution in [0, 0.1) is 0 Å². The number of nitrogens with zero attached hydrogens (tertiary/aromatic N) is 1. The molecule has 0 aromatic heterocycles. The molecule has 0 aliphatic carbocycles. The van der Waals surface area contributed by atoms with Gasteiger partial charge in [0.05, 0.1) is 0 Å². The zero-order valence-corrected chi connectivity index (χ0v) is 8.02. The summed E-state index contributed by atoms with van der Waals surface area (Å²) in [6.45, 7) is 7.60. The zero-order valence-electron chi connectivity index (χ0n) is 8.02. The van der Waals surface area contributed by atoms with Gasteiger partial charge in [0.25, 0.3) is 0 Å². The molecule has 1 aliphatic heterocycles. The van der Waals surface area contributed by atoms with Crippen molar-refractivity contribution >= 4 is 0 Å². The van der Waals surface area contributed by atoms with Gasteiger partial charge in [0.2, 0.25) is 0 Å². The van der Waals surface area contributed by atoms with Crippen molar-refractivity contribution in [2.24, 2.45) is 0 Å². The third-order valence-corrected chi connectivity index (χ3v) is 2.54. The Balaban J connectivity index is 0.00000144. The molecule has 0 aromatic carbocycles. The number of hydrogen-bond acceptors (Lipinski definition) is 2. The molecule has 0 aromatic rings. The maximum atomic E-state index is 13.4. The molecule has 3 heteroatoms. The summed E-state index contributed by atoms with van der Waals surface area (Å²) in [6, 6.07) is 0.0952. The van der Waals surface area contributed by atoms with Gasteiger partial charge in [-0.15, -0.1) is 0 Å². The van der Waals surface area contributed by atoms with Crippen LogP contribution in [0.5, 0.6) is 0 Å². The van der Waals surface area contributed by atoms with Crippen LogP contribution in [0.2, 0.25) is 0 Å². The minimum absolute atomic E-state index is 0. The van der Waals surface area contributed by atoms with Crippen molar-refractivity contribution < 1.29 is 5.82 Å². The lowest BCUT2D eigenvalue weighted by Gasteiger charge is -2.34. The Bertz CT molecular complexity index is 135. The van der Waals surface area contributed by atoms with Crippen LogP contribution in [0.1, 0.15) is 21.7 Å². The number of rotatable bonds is 3.